The molecule has 0 aliphatic heterocycles. The molecule has 138 valence electrons. The summed E-state index contributed by atoms with van der Waals surface area (Å²) in [5.41, 5.74) is 5.74. The zero-order valence-corrected chi connectivity index (χ0v) is 15.6. The highest BCUT2D eigenvalue weighted by molar-refractivity contribution is 7.98. The fourth-order valence-corrected chi connectivity index (χ4v) is 3.10. The van der Waals surface area contributed by atoms with Gasteiger partial charge in [-0.05, 0) is 30.6 Å². The molecule has 1 aromatic carbocycles. The third-order valence-corrected chi connectivity index (χ3v) is 4.59. The number of benzene rings is 1. The second kappa shape index (κ2) is 9.42. The predicted molar refractivity (Wildman–Crippen MR) is 99.4 cm³/mol. The van der Waals surface area contributed by atoms with Gasteiger partial charge in [0, 0.05) is 10.9 Å². The summed E-state index contributed by atoms with van der Waals surface area (Å²) in [6.45, 7) is 0. The van der Waals surface area contributed by atoms with Crippen LogP contribution in [0.4, 0.5) is 18.3 Å². The van der Waals surface area contributed by atoms with E-state index < -0.39 is 17.8 Å². The normalized spacial score (nSPS) is 12.4. The second-order valence-electron chi connectivity index (χ2n) is 4.99. The Morgan fingerprint density at radius 1 is 1.44 bits per heavy atom. The van der Waals surface area contributed by atoms with Gasteiger partial charge in [0.1, 0.15) is 0 Å². The van der Waals surface area contributed by atoms with Gasteiger partial charge in [-0.25, -0.2) is 4.98 Å². The number of nitrogens with one attached hydrogen (secondary N) is 1. The third kappa shape index (κ3) is 6.18. The molecule has 0 bridgehead atoms. The highest BCUT2D eigenvalue weighted by Crippen LogP contribution is 2.33. The van der Waals surface area contributed by atoms with Crippen molar-refractivity contribution >= 4 is 46.5 Å². The van der Waals surface area contributed by atoms with Crippen LogP contribution in [0.2, 0.25) is 0 Å². The molecule has 1 aromatic heterocycles. The van der Waals surface area contributed by atoms with Gasteiger partial charge in [0.05, 0.1) is 17.3 Å². The van der Waals surface area contributed by atoms with Gasteiger partial charge in [-0.2, -0.15) is 24.9 Å². The van der Waals surface area contributed by atoms with Crippen molar-refractivity contribution in [2.24, 2.45) is 5.73 Å². The van der Waals surface area contributed by atoms with Crippen molar-refractivity contribution < 1.29 is 18.0 Å². The van der Waals surface area contributed by atoms with Gasteiger partial charge in [0.15, 0.2) is 5.13 Å². The summed E-state index contributed by atoms with van der Waals surface area (Å²) >= 11 is 2.74. The van der Waals surface area contributed by atoms with Gasteiger partial charge in [0.25, 0.3) is 0 Å². The van der Waals surface area contributed by atoms with E-state index in [9.17, 15) is 18.0 Å². The third-order valence-electron chi connectivity index (χ3n) is 3.19. The summed E-state index contributed by atoms with van der Waals surface area (Å²) in [7, 11) is 0. The van der Waals surface area contributed by atoms with Gasteiger partial charge in [0.2, 0.25) is 5.91 Å². The van der Waals surface area contributed by atoms with Gasteiger partial charge >= 0.3 is 6.18 Å². The molecule has 1 heterocycles. The number of alkyl halides is 3. The summed E-state index contributed by atoms with van der Waals surface area (Å²) in [6.07, 6.45) is -1.95. The van der Waals surface area contributed by atoms with Crippen molar-refractivity contribution in [1.82, 2.24) is 4.98 Å². The number of amides is 1. The van der Waals surface area contributed by atoms with Crippen molar-refractivity contribution in [2.45, 2.75) is 18.6 Å². The number of nitrogens with zero attached hydrogens (tertiary/aromatic N) is 1. The number of hydrogen-bond acceptors (Lipinski definition) is 5. The monoisotopic (exact) mass is 411 g/mol. The van der Waals surface area contributed by atoms with Gasteiger partial charge < -0.3 is 11.1 Å². The molecule has 1 atom stereocenters. The van der Waals surface area contributed by atoms with Crippen LogP contribution in [-0.4, -0.2) is 28.9 Å². The number of halogens is 4. The molecule has 0 saturated carbocycles. The maximum Gasteiger partial charge on any atom is 0.416 e. The molecule has 0 unspecified atom stereocenters. The van der Waals surface area contributed by atoms with Crippen molar-refractivity contribution in [3.63, 3.8) is 0 Å². The number of carbonyl (C=O) groups is 1. The molecule has 0 aliphatic rings. The Morgan fingerprint density at radius 3 is 2.80 bits per heavy atom. The largest absolute Gasteiger partial charge is 0.416 e. The Labute approximate surface area is 157 Å². The molecule has 25 heavy (non-hydrogen) atoms. The van der Waals surface area contributed by atoms with E-state index >= 15 is 0 Å². The smallest absolute Gasteiger partial charge is 0.320 e. The molecular formula is C15H17ClF3N3OS2. The number of carbonyl (C=O) groups excluding carboxylic acids is 1. The summed E-state index contributed by atoms with van der Waals surface area (Å²) < 4.78 is 38.3. The molecule has 0 spiro atoms. The van der Waals surface area contributed by atoms with Crippen LogP contribution >= 0.6 is 35.5 Å². The number of aromatic nitrogens is 1. The summed E-state index contributed by atoms with van der Waals surface area (Å²) in [5, 5.41) is 4.51. The maximum absolute atomic E-state index is 12.8. The summed E-state index contributed by atoms with van der Waals surface area (Å²) in [5.74, 6) is 0.413. The quantitative estimate of drug-likeness (QED) is 0.744. The highest BCUT2D eigenvalue weighted by Gasteiger charge is 2.30. The highest BCUT2D eigenvalue weighted by atomic mass is 35.5. The molecule has 10 heteroatoms. The molecule has 1 amide bonds. The van der Waals surface area contributed by atoms with E-state index in [1.165, 1.54) is 6.07 Å². The Hall–Kier alpha value is -1.29. The fourth-order valence-electron chi connectivity index (χ4n) is 1.89. The zero-order chi connectivity index (χ0) is 17.7. The van der Waals surface area contributed by atoms with Crippen LogP contribution in [0, 0.1) is 0 Å². The Morgan fingerprint density at radius 2 is 2.16 bits per heavy atom. The van der Waals surface area contributed by atoms with Crippen LogP contribution < -0.4 is 11.1 Å². The second-order valence-corrected chi connectivity index (χ2v) is 6.84. The number of thioether (sulfide) groups is 1. The average molecular weight is 412 g/mol. The topological polar surface area (TPSA) is 68.0 Å². The lowest BCUT2D eigenvalue weighted by atomic mass is 10.1. The number of thiazole rings is 1. The van der Waals surface area contributed by atoms with Crippen LogP contribution in [0.1, 0.15) is 12.0 Å². The van der Waals surface area contributed by atoms with E-state index in [0.717, 1.165) is 29.2 Å². The standard InChI is InChI=1S/C15H16F3N3OS2.ClH/c1-23-6-5-11(19)13(22)21-14-20-12(8-24-14)9-3-2-4-10(7-9)15(16,17)18;/h2-4,7-8,11H,5-6,19H2,1H3,(H,20,21,22);1H/t11-;/m0./s1. The molecule has 2 rings (SSSR count). The zero-order valence-electron chi connectivity index (χ0n) is 13.2. The number of hydrogen-bond donors (Lipinski definition) is 2. The number of rotatable bonds is 6. The first-order valence-corrected chi connectivity index (χ1v) is 9.27. The van der Waals surface area contributed by atoms with Crippen LogP contribution in [0.15, 0.2) is 29.6 Å². The van der Waals surface area contributed by atoms with Gasteiger partial charge in [-0.1, -0.05) is 12.1 Å². The van der Waals surface area contributed by atoms with E-state index in [-0.39, 0.29) is 18.3 Å². The lowest BCUT2D eigenvalue weighted by Gasteiger charge is -2.09. The number of nitrogens with two attached hydrogens (primary N) is 1. The Balaban J connectivity index is 0.00000312. The van der Waals surface area contributed by atoms with Crippen molar-refractivity contribution in [3.05, 3.63) is 35.2 Å². The minimum Gasteiger partial charge on any atom is -0.320 e. The first kappa shape index (κ1) is 21.8. The molecule has 0 radical (unpaired) electrons. The van der Waals surface area contributed by atoms with E-state index in [2.05, 4.69) is 10.3 Å². The lowest BCUT2D eigenvalue weighted by Crippen LogP contribution is -2.36. The van der Waals surface area contributed by atoms with Crippen LogP contribution in [0.25, 0.3) is 11.3 Å². The summed E-state index contributed by atoms with van der Waals surface area (Å²) in [4.78, 5) is 16.1. The van der Waals surface area contributed by atoms with Crippen molar-refractivity contribution in [1.29, 1.82) is 0 Å². The minimum atomic E-state index is -4.41. The lowest BCUT2D eigenvalue weighted by molar-refractivity contribution is -0.137. The Kier molecular flexibility index (Phi) is 8.20. The molecule has 0 aliphatic carbocycles. The number of anilines is 1. The molecule has 3 N–H and O–H groups in total. The molecule has 0 saturated heterocycles. The first-order valence-electron chi connectivity index (χ1n) is 7.00. The van der Waals surface area contributed by atoms with E-state index in [1.807, 2.05) is 6.26 Å². The summed E-state index contributed by atoms with van der Waals surface area (Å²) in [6, 6.07) is 4.26. The maximum atomic E-state index is 12.8. The first-order chi connectivity index (χ1) is 11.3. The molecule has 2 aromatic rings. The van der Waals surface area contributed by atoms with Gasteiger partial charge in [-0.15, -0.1) is 23.7 Å². The Bertz CT molecular complexity index is 709. The van der Waals surface area contributed by atoms with Crippen LogP contribution in [0.3, 0.4) is 0 Å². The SMILES string of the molecule is CSCC[C@H](N)C(=O)Nc1nc(-c2cccc(C(F)(F)F)c2)cs1.Cl. The van der Waals surface area contributed by atoms with Crippen LogP contribution in [-0.2, 0) is 11.0 Å². The molecule has 0 fully saturated rings. The predicted octanol–water partition coefficient (Wildman–Crippen LogP) is 4.27. The van der Waals surface area contributed by atoms with Gasteiger partial charge in [-0.3, -0.25) is 4.79 Å². The van der Waals surface area contributed by atoms with E-state index in [0.29, 0.717) is 22.8 Å². The molecule has 4 nitrogen and oxygen atoms in total. The van der Waals surface area contributed by atoms with Crippen LogP contribution in [0.5, 0.6) is 0 Å². The molecular weight excluding hydrogens is 395 g/mol. The van der Waals surface area contributed by atoms with Crippen molar-refractivity contribution in [3.8, 4) is 11.3 Å². The van der Waals surface area contributed by atoms with E-state index in [1.54, 1.807) is 23.2 Å². The fraction of sp³-hybridized carbons (Fsp3) is 0.333. The minimum absolute atomic E-state index is 0. The van der Waals surface area contributed by atoms with Crippen molar-refractivity contribution in [2.75, 3.05) is 17.3 Å². The van der Waals surface area contributed by atoms with E-state index in [4.69, 9.17) is 5.73 Å². The average Bonchev–Trinajstić information content (AvgIpc) is 3.00.